The summed E-state index contributed by atoms with van der Waals surface area (Å²) in [6.07, 6.45) is 1.78. The van der Waals surface area contributed by atoms with Gasteiger partial charge in [-0.3, -0.25) is 0 Å². The molecule has 0 amide bonds. The molecule has 0 radical (unpaired) electrons. The van der Waals surface area contributed by atoms with Crippen molar-refractivity contribution >= 4 is 11.0 Å². The van der Waals surface area contributed by atoms with Gasteiger partial charge in [-0.15, -0.1) is 0 Å². The van der Waals surface area contributed by atoms with Gasteiger partial charge in [0.05, 0.1) is 6.26 Å². The minimum Gasteiger partial charge on any atom is -0.464 e. The maximum Gasteiger partial charge on any atom is 0.134 e. The zero-order chi connectivity index (χ0) is 12.8. The summed E-state index contributed by atoms with van der Waals surface area (Å²) in [6.45, 7) is 13.5. The number of rotatable bonds is 0. The van der Waals surface area contributed by atoms with E-state index in [1.807, 2.05) is 0 Å². The average molecular weight is 230 g/mol. The molecule has 92 valence electrons. The molecular weight excluding hydrogens is 208 g/mol. The molecule has 0 aliphatic carbocycles. The van der Waals surface area contributed by atoms with E-state index in [0.29, 0.717) is 0 Å². The minimum atomic E-state index is 0.142. The normalized spacial score (nSPS) is 13.3. The van der Waals surface area contributed by atoms with Gasteiger partial charge < -0.3 is 4.42 Å². The van der Waals surface area contributed by atoms with Gasteiger partial charge in [-0.1, -0.05) is 47.6 Å². The van der Waals surface area contributed by atoms with E-state index in [2.05, 4.69) is 59.7 Å². The van der Waals surface area contributed by atoms with Gasteiger partial charge >= 0.3 is 0 Å². The molecule has 0 saturated carbocycles. The molecule has 0 bridgehead atoms. The zero-order valence-corrected chi connectivity index (χ0v) is 11.7. The van der Waals surface area contributed by atoms with Gasteiger partial charge in [-0.05, 0) is 34.1 Å². The Morgan fingerprint density at radius 1 is 0.882 bits per heavy atom. The molecule has 1 aromatic carbocycles. The number of benzene rings is 1. The Labute approximate surface area is 104 Å². The van der Waals surface area contributed by atoms with E-state index >= 15 is 0 Å². The van der Waals surface area contributed by atoms with E-state index in [1.54, 1.807) is 6.26 Å². The molecule has 2 aromatic rings. The van der Waals surface area contributed by atoms with Crippen molar-refractivity contribution in [2.45, 2.75) is 52.4 Å². The molecule has 0 fully saturated rings. The van der Waals surface area contributed by atoms with Crippen LogP contribution in [0.2, 0.25) is 0 Å². The number of hydrogen-bond donors (Lipinski definition) is 0. The highest BCUT2D eigenvalue weighted by atomic mass is 16.3. The maximum absolute atomic E-state index is 5.59. The lowest BCUT2D eigenvalue weighted by molar-refractivity contribution is 0.566. The van der Waals surface area contributed by atoms with E-state index < -0.39 is 0 Å². The van der Waals surface area contributed by atoms with Crippen molar-refractivity contribution in [3.63, 3.8) is 0 Å². The summed E-state index contributed by atoms with van der Waals surface area (Å²) in [5.74, 6) is 0. The Bertz CT molecular complexity index is 533. The predicted octanol–water partition coefficient (Wildman–Crippen LogP) is 5.03. The summed E-state index contributed by atoms with van der Waals surface area (Å²) in [6, 6.07) is 6.57. The quantitative estimate of drug-likeness (QED) is 0.618. The lowest BCUT2D eigenvalue weighted by atomic mass is 9.79. The third-order valence-corrected chi connectivity index (χ3v) is 3.25. The third-order valence-electron chi connectivity index (χ3n) is 3.25. The van der Waals surface area contributed by atoms with Crippen LogP contribution in [0.15, 0.2) is 28.9 Å². The first-order valence-corrected chi connectivity index (χ1v) is 6.22. The van der Waals surface area contributed by atoms with Crippen molar-refractivity contribution in [2.75, 3.05) is 0 Å². The maximum atomic E-state index is 5.59. The van der Waals surface area contributed by atoms with E-state index in [1.165, 1.54) is 16.5 Å². The van der Waals surface area contributed by atoms with E-state index in [-0.39, 0.29) is 10.8 Å². The molecular formula is C16H22O. The van der Waals surface area contributed by atoms with Crippen molar-refractivity contribution in [3.05, 3.63) is 35.6 Å². The van der Waals surface area contributed by atoms with Gasteiger partial charge in [0.1, 0.15) is 5.58 Å². The fraction of sp³-hybridized carbons (Fsp3) is 0.500. The highest BCUT2D eigenvalue weighted by molar-refractivity contribution is 5.83. The summed E-state index contributed by atoms with van der Waals surface area (Å²) in [5.41, 5.74) is 4.01. The fourth-order valence-electron chi connectivity index (χ4n) is 2.12. The van der Waals surface area contributed by atoms with Gasteiger partial charge in [0, 0.05) is 5.39 Å². The van der Waals surface area contributed by atoms with Gasteiger partial charge in [0.25, 0.3) is 0 Å². The van der Waals surface area contributed by atoms with Crippen LogP contribution in [0.5, 0.6) is 0 Å². The molecule has 0 N–H and O–H groups in total. The Kier molecular flexibility index (Phi) is 2.61. The second-order valence-electron chi connectivity index (χ2n) is 6.86. The Hall–Kier alpha value is -1.24. The van der Waals surface area contributed by atoms with Crippen LogP contribution in [-0.2, 0) is 10.8 Å². The molecule has 1 aromatic heterocycles. The molecule has 2 rings (SSSR count). The van der Waals surface area contributed by atoms with Crippen molar-refractivity contribution in [3.8, 4) is 0 Å². The molecule has 1 heteroatoms. The Morgan fingerprint density at radius 3 is 2.06 bits per heavy atom. The average Bonchev–Trinajstić information content (AvgIpc) is 2.59. The van der Waals surface area contributed by atoms with Gasteiger partial charge in [0.15, 0.2) is 0 Å². The lowest BCUT2D eigenvalue weighted by Crippen LogP contribution is -2.16. The first-order valence-electron chi connectivity index (χ1n) is 6.22. The van der Waals surface area contributed by atoms with Gasteiger partial charge in [-0.25, -0.2) is 0 Å². The highest BCUT2D eigenvalue weighted by Gasteiger charge is 2.22. The van der Waals surface area contributed by atoms with Crippen molar-refractivity contribution in [1.29, 1.82) is 0 Å². The Balaban J connectivity index is 2.76. The van der Waals surface area contributed by atoms with Crippen molar-refractivity contribution < 1.29 is 4.42 Å². The van der Waals surface area contributed by atoms with Crippen LogP contribution >= 0.6 is 0 Å². The van der Waals surface area contributed by atoms with Crippen LogP contribution in [0, 0.1) is 0 Å². The predicted molar refractivity (Wildman–Crippen MR) is 73.6 cm³/mol. The van der Waals surface area contributed by atoms with Crippen molar-refractivity contribution in [2.24, 2.45) is 0 Å². The Morgan fingerprint density at radius 2 is 1.53 bits per heavy atom. The second kappa shape index (κ2) is 3.63. The molecule has 0 saturated heterocycles. The highest BCUT2D eigenvalue weighted by Crippen LogP contribution is 2.35. The summed E-state index contributed by atoms with van der Waals surface area (Å²) < 4.78 is 5.59. The van der Waals surface area contributed by atoms with Crippen LogP contribution in [0.1, 0.15) is 52.7 Å². The number of fused-ring (bicyclic) bond motifs is 1. The molecule has 1 heterocycles. The first-order chi connectivity index (χ1) is 7.69. The third kappa shape index (κ3) is 2.24. The van der Waals surface area contributed by atoms with Crippen LogP contribution in [0.4, 0.5) is 0 Å². The second-order valence-corrected chi connectivity index (χ2v) is 6.86. The van der Waals surface area contributed by atoms with E-state index in [9.17, 15) is 0 Å². The van der Waals surface area contributed by atoms with Crippen molar-refractivity contribution in [1.82, 2.24) is 0 Å². The van der Waals surface area contributed by atoms with Crippen LogP contribution in [-0.4, -0.2) is 0 Å². The van der Waals surface area contributed by atoms with E-state index in [4.69, 9.17) is 4.42 Å². The van der Waals surface area contributed by atoms with E-state index in [0.717, 1.165) is 5.58 Å². The molecule has 0 aliphatic heterocycles. The van der Waals surface area contributed by atoms with Gasteiger partial charge in [-0.2, -0.15) is 0 Å². The SMILES string of the molecule is CC(C)(C)c1cc(C(C)(C)C)c2ccoc2c1. The molecule has 0 unspecified atom stereocenters. The topological polar surface area (TPSA) is 13.1 Å². The number of furan rings is 1. The smallest absolute Gasteiger partial charge is 0.134 e. The summed E-state index contributed by atoms with van der Waals surface area (Å²) in [7, 11) is 0. The molecule has 0 spiro atoms. The van der Waals surface area contributed by atoms with Crippen LogP contribution in [0.25, 0.3) is 11.0 Å². The molecule has 17 heavy (non-hydrogen) atoms. The fourth-order valence-corrected chi connectivity index (χ4v) is 2.12. The first kappa shape index (κ1) is 12.2. The summed E-state index contributed by atoms with van der Waals surface area (Å²) in [5, 5.41) is 1.24. The molecule has 0 atom stereocenters. The summed E-state index contributed by atoms with van der Waals surface area (Å²) >= 11 is 0. The zero-order valence-electron chi connectivity index (χ0n) is 11.7. The minimum absolute atomic E-state index is 0.142. The number of hydrogen-bond acceptors (Lipinski definition) is 1. The molecule has 1 nitrogen and oxygen atoms in total. The van der Waals surface area contributed by atoms with Crippen LogP contribution in [0.3, 0.4) is 0 Å². The molecule has 0 aliphatic rings. The van der Waals surface area contributed by atoms with Crippen LogP contribution < -0.4 is 0 Å². The monoisotopic (exact) mass is 230 g/mol. The van der Waals surface area contributed by atoms with Gasteiger partial charge in [0.2, 0.25) is 0 Å². The summed E-state index contributed by atoms with van der Waals surface area (Å²) in [4.78, 5) is 0. The largest absolute Gasteiger partial charge is 0.464 e. The lowest BCUT2D eigenvalue weighted by Gasteiger charge is -2.25. The standard InChI is InChI=1S/C16H22O/c1-15(2,3)11-9-13(16(4,5)6)12-7-8-17-14(12)10-11/h7-10H,1-6H3.